The van der Waals surface area contributed by atoms with Crippen molar-refractivity contribution in [2.24, 2.45) is 0 Å². The van der Waals surface area contributed by atoms with Crippen molar-refractivity contribution >= 4 is 11.6 Å². The highest BCUT2D eigenvalue weighted by atomic mass is 16.5. The molecule has 2 aromatic rings. The van der Waals surface area contributed by atoms with E-state index in [0.717, 1.165) is 12.1 Å². The van der Waals surface area contributed by atoms with Gasteiger partial charge in [-0.2, -0.15) is 0 Å². The van der Waals surface area contributed by atoms with Crippen molar-refractivity contribution in [2.75, 3.05) is 18.9 Å². The topological polar surface area (TPSA) is 93.0 Å². The third-order valence-electron chi connectivity index (χ3n) is 2.78. The second kappa shape index (κ2) is 7.18. The second-order valence-corrected chi connectivity index (χ2v) is 4.31. The lowest BCUT2D eigenvalue weighted by Gasteiger charge is -2.08. The minimum Gasteiger partial charge on any atom is -0.491 e. The van der Waals surface area contributed by atoms with Crippen molar-refractivity contribution in [1.82, 2.24) is 15.3 Å². The summed E-state index contributed by atoms with van der Waals surface area (Å²) in [6.45, 7) is 0.888. The standard InChI is InChI=1S/C14H18N4O2/c15-12-3-1-2-4-13(12)20-8-6-14(19)17-7-5-11-9-16-10-18-11/h1-4,9-10H,5-8,15H2,(H,16,18)(H,17,19). The van der Waals surface area contributed by atoms with Crippen LogP contribution in [0.4, 0.5) is 5.69 Å². The summed E-state index contributed by atoms with van der Waals surface area (Å²) in [6, 6.07) is 7.23. The van der Waals surface area contributed by atoms with Gasteiger partial charge in [-0.05, 0) is 12.1 Å². The molecule has 4 N–H and O–H groups in total. The number of benzene rings is 1. The molecule has 0 radical (unpaired) electrons. The number of aromatic nitrogens is 2. The van der Waals surface area contributed by atoms with Crippen LogP contribution in [0.25, 0.3) is 0 Å². The van der Waals surface area contributed by atoms with Gasteiger partial charge in [0.2, 0.25) is 5.91 Å². The van der Waals surface area contributed by atoms with Gasteiger partial charge in [-0.15, -0.1) is 0 Å². The van der Waals surface area contributed by atoms with Crippen LogP contribution in [-0.2, 0) is 11.2 Å². The number of nitrogens with two attached hydrogens (primary N) is 1. The van der Waals surface area contributed by atoms with E-state index in [4.69, 9.17) is 10.5 Å². The molecule has 0 aliphatic carbocycles. The molecule has 0 saturated heterocycles. The molecular weight excluding hydrogens is 256 g/mol. The molecule has 1 heterocycles. The maximum absolute atomic E-state index is 11.6. The molecule has 2 rings (SSSR count). The van der Waals surface area contributed by atoms with E-state index < -0.39 is 0 Å². The number of nitrogens with zero attached hydrogens (tertiary/aromatic N) is 1. The van der Waals surface area contributed by atoms with Crippen molar-refractivity contribution in [3.8, 4) is 5.75 Å². The summed E-state index contributed by atoms with van der Waals surface area (Å²) in [4.78, 5) is 18.5. The van der Waals surface area contributed by atoms with Gasteiger partial charge in [0.15, 0.2) is 0 Å². The van der Waals surface area contributed by atoms with E-state index in [0.29, 0.717) is 31.0 Å². The van der Waals surface area contributed by atoms with E-state index in [9.17, 15) is 4.79 Å². The first-order chi connectivity index (χ1) is 9.75. The zero-order valence-corrected chi connectivity index (χ0v) is 11.1. The average Bonchev–Trinajstić information content (AvgIpc) is 2.94. The molecule has 0 unspecified atom stereocenters. The Hall–Kier alpha value is -2.50. The number of rotatable bonds is 7. The van der Waals surface area contributed by atoms with Crippen LogP contribution in [0.1, 0.15) is 12.1 Å². The van der Waals surface area contributed by atoms with Crippen LogP contribution in [0.3, 0.4) is 0 Å². The van der Waals surface area contributed by atoms with E-state index in [1.54, 1.807) is 24.7 Å². The molecule has 0 bridgehead atoms. The zero-order chi connectivity index (χ0) is 14.2. The molecule has 0 fully saturated rings. The number of hydrogen-bond donors (Lipinski definition) is 3. The van der Waals surface area contributed by atoms with E-state index >= 15 is 0 Å². The lowest BCUT2D eigenvalue weighted by molar-refractivity contribution is -0.121. The molecule has 1 aromatic heterocycles. The van der Waals surface area contributed by atoms with Gasteiger partial charge in [0, 0.05) is 24.9 Å². The molecular formula is C14H18N4O2. The van der Waals surface area contributed by atoms with E-state index in [2.05, 4.69) is 15.3 Å². The van der Waals surface area contributed by atoms with Crippen molar-refractivity contribution in [2.45, 2.75) is 12.8 Å². The van der Waals surface area contributed by atoms with Crippen LogP contribution in [-0.4, -0.2) is 29.0 Å². The summed E-state index contributed by atoms with van der Waals surface area (Å²) in [5.41, 5.74) is 7.31. The van der Waals surface area contributed by atoms with Gasteiger partial charge < -0.3 is 20.8 Å². The normalized spacial score (nSPS) is 10.2. The van der Waals surface area contributed by atoms with Gasteiger partial charge in [0.25, 0.3) is 0 Å². The number of para-hydroxylation sites is 2. The Morgan fingerprint density at radius 2 is 2.25 bits per heavy atom. The number of carbonyl (C=O) groups is 1. The Kier molecular flexibility index (Phi) is 5.00. The number of hydrogen-bond acceptors (Lipinski definition) is 4. The van der Waals surface area contributed by atoms with Crippen LogP contribution in [0.15, 0.2) is 36.8 Å². The third-order valence-corrected chi connectivity index (χ3v) is 2.78. The molecule has 0 aliphatic rings. The van der Waals surface area contributed by atoms with Gasteiger partial charge in [0.1, 0.15) is 5.75 Å². The summed E-state index contributed by atoms with van der Waals surface area (Å²) < 4.78 is 5.46. The Bertz CT molecular complexity index is 540. The van der Waals surface area contributed by atoms with Crippen molar-refractivity contribution in [1.29, 1.82) is 0 Å². The molecule has 0 spiro atoms. The predicted molar refractivity (Wildman–Crippen MR) is 76.3 cm³/mol. The number of imidazole rings is 1. The van der Waals surface area contributed by atoms with Crippen LogP contribution in [0, 0.1) is 0 Å². The summed E-state index contributed by atoms with van der Waals surface area (Å²) in [5.74, 6) is 0.566. The molecule has 0 aliphatic heterocycles. The van der Waals surface area contributed by atoms with E-state index in [-0.39, 0.29) is 5.91 Å². The first kappa shape index (κ1) is 13.9. The van der Waals surface area contributed by atoms with E-state index in [1.807, 2.05) is 12.1 Å². The lowest BCUT2D eigenvalue weighted by Crippen LogP contribution is -2.27. The molecule has 0 saturated carbocycles. The van der Waals surface area contributed by atoms with Crippen molar-refractivity contribution in [3.63, 3.8) is 0 Å². The highest BCUT2D eigenvalue weighted by Gasteiger charge is 2.03. The zero-order valence-electron chi connectivity index (χ0n) is 11.1. The number of amides is 1. The fourth-order valence-corrected chi connectivity index (χ4v) is 1.71. The molecule has 1 amide bonds. The fourth-order valence-electron chi connectivity index (χ4n) is 1.71. The molecule has 1 aromatic carbocycles. The Balaban J connectivity index is 1.62. The van der Waals surface area contributed by atoms with Gasteiger partial charge in [-0.1, -0.05) is 12.1 Å². The third kappa shape index (κ3) is 4.31. The minimum atomic E-state index is -0.0426. The number of ether oxygens (including phenoxy) is 1. The predicted octanol–water partition coefficient (Wildman–Crippen LogP) is 1.12. The van der Waals surface area contributed by atoms with Gasteiger partial charge in [-0.25, -0.2) is 4.98 Å². The number of nitrogen functional groups attached to an aromatic ring is 1. The molecule has 6 heteroatoms. The smallest absolute Gasteiger partial charge is 0.223 e. The monoisotopic (exact) mass is 274 g/mol. The number of aromatic amines is 1. The average molecular weight is 274 g/mol. The van der Waals surface area contributed by atoms with Crippen molar-refractivity contribution in [3.05, 3.63) is 42.5 Å². The van der Waals surface area contributed by atoms with Gasteiger partial charge >= 0.3 is 0 Å². The van der Waals surface area contributed by atoms with Crippen LogP contribution >= 0.6 is 0 Å². The highest BCUT2D eigenvalue weighted by molar-refractivity contribution is 5.76. The summed E-state index contributed by atoms with van der Waals surface area (Å²) in [6.07, 6.45) is 4.40. The summed E-state index contributed by atoms with van der Waals surface area (Å²) in [7, 11) is 0. The number of H-pyrrole nitrogens is 1. The Morgan fingerprint density at radius 3 is 3.00 bits per heavy atom. The first-order valence-electron chi connectivity index (χ1n) is 6.47. The number of carbonyl (C=O) groups excluding carboxylic acids is 1. The minimum absolute atomic E-state index is 0.0426. The van der Waals surface area contributed by atoms with Crippen molar-refractivity contribution < 1.29 is 9.53 Å². The number of nitrogens with one attached hydrogen (secondary N) is 2. The van der Waals surface area contributed by atoms with Crippen LogP contribution < -0.4 is 15.8 Å². The quantitative estimate of drug-likeness (QED) is 0.660. The summed E-state index contributed by atoms with van der Waals surface area (Å²) >= 11 is 0. The summed E-state index contributed by atoms with van der Waals surface area (Å²) in [5, 5.41) is 2.82. The SMILES string of the molecule is Nc1ccccc1OCCC(=O)NCCc1cnc[nH]1. The maximum Gasteiger partial charge on any atom is 0.223 e. The molecule has 6 nitrogen and oxygen atoms in total. The largest absolute Gasteiger partial charge is 0.491 e. The van der Waals surface area contributed by atoms with Crippen LogP contribution in [0.5, 0.6) is 5.75 Å². The van der Waals surface area contributed by atoms with Gasteiger partial charge in [-0.3, -0.25) is 4.79 Å². The first-order valence-corrected chi connectivity index (χ1v) is 6.47. The molecule has 20 heavy (non-hydrogen) atoms. The highest BCUT2D eigenvalue weighted by Crippen LogP contribution is 2.19. The lowest BCUT2D eigenvalue weighted by atomic mass is 10.3. The van der Waals surface area contributed by atoms with Gasteiger partial charge in [0.05, 0.1) is 25.0 Å². The molecule has 0 atom stereocenters. The van der Waals surface area contributed by atoms with E-state index in [1.165, 1.54) is 0 Å². The number of anilines is 1. The fraction of sp³-hybridized carbons (Fsp3) is 0.286. The second-order valence-electron chi connectivity index (χ2n) is 4.31. The van der Waals surface area contributed by atoms with Crippen LogP contribution in [0.2, 0.25) is 0 Å². The maximum atomic E-state index is 11.6. The Morgan fingerprint density at radius 1 is 1.40 bits per heavy atom. The molecule has 106 valence electrons. The Labute approximate surface area is 117 Å².